The van der Waals surface area contributed by atoms with Gasteiger partial charge in [0.15, 0.2) is 12.2 Å². The predicted molar refractivity (Wildman–Crippen MR) is 409 cm³/mol. The van der Waals surface area contributed by atoms with Gasteiger partial charge in [-0.15, -0.1) is 0 Å². The highest BCUT2D eigenvalue weighted by atomic mass is 31.2. The number of hydrogen-bond acceptors (Lipinski definition) is 15. The summed E-state index contributed by atoms with van der Waals surface area (Å²) in [6, 6.07) is 0. The second kappa shape index (κ2) is 70.1. The molecule has 8 atom stereocenters. The second-order valence-electron chi connectivity index (χ2n) is 30.4. The molecule has 19 heteroatoms. The number of unbranched alkanes of at least 4 members (excludes halogenated alkanes) is 41. The number of phosphoric ester groups is 2. The van der Waals surface area contributed by atoms with Crippen LogP contribution in [0.4, 0.5) is 0 Å². The summed E-state index contributed by atoms with van der Waals surface area (Å²) < 4.78 is 68.7. The molecular weight excluding hydrogens is 1310 g/mol. The molecule has 0 aromatic heterocycles. The fourth-order valence-electron chi connectivity index (χ4n) is 12.3. The van der Waals surface area contributed by atoms with E-state index in [-0.39, 0.29) is 25.7 Å². The molecule has 0 bridgehead atoms. The van der Waals surface area contributed by atoms with Crippen LogP contribution in [0.15, 0.2) is 0 Å². The third-order valence-electron chi connectivity index (χ3n) is 19.9. The van der Waals surface area contributed by atoms with Crippen LogP contribution in [0, 0.1) is 23.7 Å². The predicted octanol–water partition coefficient (Wildman–Crippen LogP) is 24.0. The van der Waals surface area contributed by atoms with Crippen LogP contribution in [0.1, 0.15) is 415 Å². The first-order chi connectivity index (χ1) is 48.2. The fourth-order valence-corrected chi connectivity index (χ4v) is 13.9. The fraction of sp³-hybridized carbons (Fsp3) is 0.951. The van der Waals surface area contributed by atoms with Gasteiger partial charge in [0.25, 0.3) is 0 Å². The molecule has 0 fully saturated rings. The quantitative estimate of drug-likeness (QED) is 0.0222. The number of ether oxygens (including phenoxy) is 4. The van der Waals surface area contributed by atoms with Gasteiger partial charge in [-0.1, -0.05) is 364 Å². The highest BCUT2D eigenvalue weighted by Crippen LogP contribution is 2.45. The Balaban J connectivity index is 5.26. The van der Waals surface area contributed by atoms with Crippen molar-refractivity contribution in [2.24, 2.45) is 23.7 Å². The van der Waals surface area contributed by atoms with Crippen molar-refractivity contribution in [3.8, 4) is 0 Å². The molecule has 0 aliphatic rings. The minimum Gasteiger partial charge on any atom is -0.462 e. The van der Waals surface area contributed by atoms with Gasteiger partial charge in [-0.3, -0.25) is 37.3 Å². The van der Waals surface area contributed by atoms with Gasteiger partial charge >= 0.3 is 39.5 Å². The van der Waals surface area contributed by atoms with Crippen molar-refractivity contribution < 1.29 is 80.2 Å². The summed E-state index contributed by atoms with van der Waals surface area (Å²) in [4.78, 5) is 73.0. The zero-order valence-corrected chi connectivity index (χ0v) is 67.6. The molecule has 0 aromatic carbocycles. The van der Waals surface area contributed by atoms with Crippen LogP contribution in [-0.2, 0) is 65.4 Å². The Morgan fingerprint density at radius 3 is 0.710 bits per heavy atom. The van der Waals surface area contributed by atoms with E-state index in [1.807, 2.05) is 0 Å². The van der Waals surface area contributed by atoms with Gasteiger partial charge in [-0.2, -0.15) is 0 Å². The maximum Gasteiger partial charge on any atom is 0.472 e. The number of esters is 4. The molecule has 5 unspecified atom stereocenters. The Morgan fingerprint density at radius 1 is 0.280 bits per heavy atom. The van der Waals surface area contributed by atoms with Gasteiger partial charge in [0.1, 0.15) is 19.3 Å². The molecule has 0 aromatic rings. The summed E-state index contributed by atoms with van der Waals surface area (Å²) >= 11 is 0. The van der Waals surface area contributed by atoms with Crippen LogP contribution < -0.4 is 0 Å². The SMILES string of the molecule is CCC(C)CCCCCCCCCCCCCCCCC(=O)OC[C@H](COP(=O)(O)OC[C@@H](O)COP(=O)(O)OC[C@@H](COC(=O)CCCCCCCCC(C)CC)OC(=O)CCCCCCCCCCCCCC(C)C)OC(=O)CCCCCCCCCCCCCCCCC(C)CC. The first-order valence-corrected chi connectivity index (χ1v) is 44.8. The highest BCUT2D eigenvalue weighted by Gasteiger charge is 2.30. The Kier molecular flexibility index (Phi) is 68.7. The molecule has 0 aliphatic heterocycles. The number of carbonyl (C=O) groups excluding carboxylic acids is 4. The number of carbonyl (C=O) groups is 4. The lowest BCUT2D eigenvalue weighted by atomic mass is 9.99. The van der Waals surface area contributed by atoms with Gasteiger partial charge in [-0.25, -0.2) is 9.13 Å². The van der Waals surface area contributed by atoms with Crippen molar-refractivity contribution in [1.29, 1.82) is 0 Å². The molecule has 594 valence electrons. The summed E-state index contributed by atoms with van der Waals surface area (Å²) in [5, 5.41) is 10.6. The van der Waals surface area contributed by atoms with Crippen molar-refractivity contribution in [2.75, 3.05) is 39.6 Å². The zero-order valence-electron chi connectivity index (χ0n) is 65.8. The van der Waals surface area contributed by atoms with E-state index in [1.54, 1.807) is 0 Å². The van der Waals surface area contributed by atoms with Gasteiger partial charge in [-0.05, 0) is 49.4 Å². The molecule has 17 nitrogen and oxygen atoms in total. The Labute approximate surface area is 613 Å². The van der Waals surface area contributed by atoms with E-state index < -0.39 is 97.5 Å². The van der Waals surface area contributed by atoms with Gasteiger partial charge in [0.2, 0.25) is 0 Å². The monoisotopic (exact) mass is 1470 g/mol. The van der Waals surface area contributed by atoms with Crippen LogP contribution in [0.25, 0.3) is 0 Å². The number of rotatable bonds is 78. The summed E-state index contributed by atoms with van der Waals surface area (Å²) in [5.74, 6) is 1.08. The molecule has 3 N–H and O–H groups in total. The third kappa shape index (κ3) is 70.4. The standard InChI is InChI=1S/C81H158O17P2/c1-9-72(6)58-50-42-34-28-22-16-12-14-18-24-30-36-45-53-61-78(83)91-67-76(97-80(85)63-55-47-37-31-25-19-15-13-17-23-29-35-43-51-59-73(7)10-2)69-95-99(87,88)93-65-75(82)66-94-100(89,90)96-70-77(68-92-79(84)62-54-46-40-39-44-52-60-74(8)11-3)98-81(86)64-56-48-38-32-26-20-21-27-33-41-49-57-71(4)5/h71-77,82H,9-70H2,1-8H3,(H,87,88)(H,89,90)/t72?,73?,74?,75-,76-,77-/m1/s1. The topological polar surface area (TPSA) is 237 Å². The van der Waals surface area contributed by atoms with E-state index >= 15 is 0 Å². The minimum atomic E-state index is -4.96. The van der Waals surface area contributed by atoms with Gasteiger partial charge < -0.3 is 33.8 Å². The van der Waals surface area contributed by atoms with Crippen LogP contribution in [-0.4, -0.2) is 96.7 Å². The average Bonchev–Trinajstić information content (AvgIpc) is 0.927. The Bertz CT molecular complexity index is 1960. The van der Waals surface area contributed by atoms with E-state index in [9.17, 15) is 43.2 Å². The number of phosphoric acid groups is 2. The van der Waals surface area contributed by atoms with Crippen molar-refractivity contribution in [2.45, 2.75) is 433 Å². The van der Waals surface area contributed by atoms with Crippen LogP contribution in [0.5, 0.6) is 0 Å². The summed E-state index contributed by atoms with van der Waals surface area (Å²) in [6.45, 7) is 14.3. The maximum atomic E-state index is 13.1. The summed E-state index contributed by atoms with van der Waals surface area (Å²) in [7, 11) is -9.92. The molecule has 0 heterocycles. The van der Waals surface area contributed by atoms with E-state index in [0.29, 0.717) is 25.7 Å². The number of hydrogen-bond donors (Lipinski definition) is 3. The first kappa shape index (κ1) is 98.1. The Morgan fingerprint density at radius 2 is 0.480 bits per heavy atom. The normalized spacial score (nSPS) is 14.8. The number of aliphatic hydroxyl groups excluding tert-OH is 1. The minimum absolute atomic E-state index is 0.105. The van der Waals surface area contributed by atoms with E-state index in [4.69, 9.17) is 37.0 Å². The first-order valence-electron chi connectivity index (χ1n) is 41.8. The molecule has 0 amide bonds. The maximum absolute atomic E-state index is 13.1. The molecular formula is C81H158O17P2. The molecule has 0 aliphatic carbocycles. The molecule has 0 spiro atoms. The summed E-state index contributed by atoms with van der Waals surface area (Å²) in [5.41, 5.74) is 0. The van der Waals surface area contributed by atoms with Crippen LogP contribution >= 0.6 is 15.6 Å². The lowest BCUT2D eigenvalue weighted by molar-refractivity contribution is -0.161. The molecule has 0 saturated heterocycles. The smallest absolute Gasteiger partial charge is 0.462 e. The highest BCUT2D eigenvalue weighted by molar-refractivity contribution is 7.47. The van der Waals surface area contributed by atoms with Crippen LogP contribution in [0.2, 0.25) is 0 Å². The lowest BCUT2D eigenvalue weighted by Crippen LogP contribution is -2.30. The largest absolute Gasteiger partial charge is 0.472 e. The van der Waals surface area contributed by atoms with E-state index in [2.05, 4.69) is 55.4 Å². The Hall–Kier alpha value is -1.94. The van der Waals surface area contributed by atoms with Crippen LogP contribution in [0.3, 0.4) is 0 Å². The third-order valence-corrected chi connectivity index (χ3v) is 21.8. The van der Waals surface area contributed by atoms with Gasteiger partial charge in [0.05, 0.1) is 26.4 Å². The molecule has 0 saturated carbocycles. The summed E-state index contributed by atoms with van der Waals surface area (Å²) in [6.07, 6.45) is 56.7. The van der Waals surface area contributed by atoms with Gasteiger partial charge in [0, 0.05) is 25.7 Å². The number of aliphatic hydroxyl groups is 1. The average molecular weight is 1470 g/mol. The molecule has 0 radical (unpaired) electrons. The van der Waals surface area contributed by atoms with Crippen molar-refractivity contribution >= 4 is 39.5 Å². The molecule has 0 rings (SSSR count). The van der Waals surface area contributed by atoms with E-state index in [0.717, 1.165) is 120 Å². The second-order valence-corrected chi connectivity index (χ2v) is 33.3. The molecule has 100 heavy (non-hydrogen) atoms. The lowest BCUT2D eigenvalue weighted by Gasteiger charge is -2.21. The van der Waals surface area contributed by atoms with E-state index in [1.165, 1.54) is 212 Å². The van der Waals surface area contributed by atoms with Crippen molar-refractivity contribution in [3.63, 3.8) is 0 Å². The zero-order chi connectivity index (χ0) is 73.8. The van der Waals surface area contributed by atoms with Crippen molar-refractivity contribution in [3.05, 3.63) is 0 Å². The van der Waals surface area contributed by atoms with Crippen molar-refractivity contribution in [1.82, 2.24) is 0 Å².